The maximum Gasteiger partial charge on any atom is 0.244 e. The third-order valence-corrected chi connectivity index (χ3v) is 3.72. The van der Waals surface area contributed by atoms with Crippen LogP contribution in [0.2, 0.25) is 0 Å². The van der Waals surface area contributed by atoms with Gasteiger partial charge in [0.05, 0.1) is 0 Å². The fourth-order valence-corrected chi connectivity index (χ4v) is 2.76. The van der Waals surface area contributed by atoms with Crippen molar-refractivity contribution in [2.75, 3.05) is 27.2 Å². The van der Waals surface area contributed by atoms with Crippen LogP contribution in [-0.4, -0.2) is 47.9 Å². The zero-order valence-electron chi connectivity index (χ0n) is 12.0. The van der Waals surface area contributed by atoms with Crippen LogP contribution in [0.15, 0.2) is 24.5 Å². The molecule has 1 aliphatic heterocycles. The molecule has 1 aliphatic rings. The minimum atomic E-state index is -0.223. The van der Waals surface area contributed by atoms with E-state index in [0.717, 1.165) is 25.1 Å². The predicted molar refractivity (Wildman–Crippen MR) is 75.6 cm³/mol. The molecule has 19 heavy (non-hydrogen) atoms. The Bertz CT molecular complexity index is 419. The molecule has 2 rings (SSSR count). The van der Waals surface area contributed by atoms with Gasteiger partial charge in [-0.1, -0.05) is 13.0 Å². The molecule has 1 fully saturated rings. The smallest absolute Gasteiger partial charge is 0.244 e. The highest BCUT2D eigenvalue weighted by molar-refractivity contribution is 5.83. The molecule has 4 nitrogen and oxygen atoms in total. The van der Waals surface area contributed by atoms with Crippen molar-refractivity contribution in [3.8, 4) is 0 Å². The average Bonchev–Trinajstić information content (AvgIpc) is 2.39. The standard InChI is InChI=1S/C15H23N3O/c1-12-6-5-9-18(11-12)15(19)14(17(2)3)13-7-4-8-16-10-13/h4,7-8,10,12,14H,5-6,9,11H2,1-3H3. The minimum absolute atomic E-state index is 0.199. The number of carbonyl (C=O) groups is 1. The van der Waals surface area contributed by atoms with Crippen molar-refractivity contribution in [1.29, 1.82) is 0 Å². The first-order chi connectivity index (χ1) is 9.09. The van der Waals surface area contributed by atoms with E-state index in [2.05, 4.69) is 11.9 Å². The van der Waals surface area contributed by atoms with Gasteiger partial charge in [-0.3, -0.25) is 14.7 Å². The number of carbonyl (C=O) groups excluding carboxylic acids is 1. The van der Waals surface area contributed by atoms with Crippen molar-refractivity contribution in [3.05, 3.63) is 30.1 Å². The van der Waals surface area contributed by atoms with Gasteiger partial charge in [0.2, 0.25) is 5.91 Å². The second kappa shape index (κ2) is 6.15. The quantitative estimate of drug-likeness (QED) is 0.834. The Morgan fingerprint density at radius 3 is 2.89 bits per heavy atom. The number of amides is 1. The first kappa shape index (κ1) is 14.0. The topological polar surface area (TPSA) is 36.4 Å². The second-order valence-corrected chi connectivity index (χ2v) is 5.68. The first-order valence-corrected chi connectivity index (χ1v) is 6.94. The van der Waals surface area contributed by atoms with Gasteiger partial charge in [0.25, 0.3) is 0 Å². The summed E-state index contributed by atoms with van der Waals surface area (Å²) in [6.45, 7) is 3.98. The Balaban J connectivity index is 2.17. The van der Waals surface area contributed by atoms with Crippen molar-refractivity contribution in [2.24, 2.45) is 5.92 Å². The van der Waals surface area contributed by atoms with Crippen molar-refractivity contribution in [3.63, 3.8) is 0 Å². The van der Waals surface area contributed by atoms with Crippen molar-refractivity contribution >= 4 is 5.91 Å². The molecule has 0 radical (unpaired) electrons. The van der Waals surface area contributed by atoms with Gasteiger partial charge >= 0.3 is 0 Å². The molecule has 1 aromatic heterocycles. The molecular formula is C15H23N3O. The highest BCUT2D eigenvalue weighted by Crippen LogP contribution is 2.23. The summed E-state index contributed by atoms with van der Waals surface area (Å²) in [6, 6.07) is 3.64. The van der Waals surface area contributed by atoms with E-state index in [-0.39, 0.29) is 11.9 Å². The van der Waals surface area contributed by atoms with Crippen LogP contribution in [-0.2, 0) is 4.79 Å². The van der Waals surface area contributed by atoms with E-state index in [4.69, 9.17) is 0 Å². The summed E-state index contributed by atoms with van der Waals surface area (Å²) in [6.07, 6.45) is 5.86. The molecule has 0 aromatic carbocycles. The predicted octanol–water partition coefficient (Wildman–Crippen LogP) is 1.94. The normalized spacial score (nSPS) is 21.5. The van der Waals surface area contributed by atoms with Gasteiger partial charge in [0.15, 0.2) is 0 Å². The molecule has 0 spiro atoms. The molecule has 0 N–H and O–H groups in total. The van der Waals surface area contributed by atoms with Crippen LogP contribution in [0, 0.1) is 5.92 Å². The number of pyridine rings is 1. The fraction of sp³-hybridized carbons (Fsp3) is 0.600. The van der Waals surface area contributed by atoms with Crippen LogP contribution in [0.25, 0.3) is 0 Å². The third-order valence-electron chi connectivity index (χ3n) is 3.72. The average molecular weight is 261 g/mol. The number of piperidine rings is 1. The lowest BCUT2D eigenvalue weighted by atomic mass is 9.98. The zero-order chi connectivity index (χ0) is 13.8. The van der Waals surface area contributed by atoms with Crippen LogP contribution in [0.1, 0.15) is 31.4 Å². The first-order valence-electron chi connectivity index (χ1n) is 6.94. The molecule has 0 aliphatic carbocycles. The summed E-state index contributed by atoms with van der Waals surface area (Å²) in [5.74, 6) is 0.805. The van der Waals surface area contributed by atoms with E-state index in [0.29, 0.717) is 5.92 Å². The largest absolute Gasteiger partial charge is 0.341 e. The van der Waals surface area contributed by atoms with Crippen LogP contribution < -0.4 is 0 Å². The molecule has 1 saturated heterocycles. The Kier molecular flexibility index (Phi) is 4.53. The Labute approximate surface area is 115 Å². The van der Waals surface area contributed by atoms with Crippen molar-refractivity contribution in [2.45, 2.75) is 25.8 Å². The second-order valence-electron chi connectivity index (χ2n) is 5.68. The molecule has 0 saturated carbocycles. The molecule has 0 bridgehead atoms. The van der Waals surface area contributed by atoms with E-state index in [9.17, 15) is 4.79 Å². The van der Waals surface area contributed by atoms with Crippen LogP contribution in [0.3, 0.4) is 0 Å². The number of rotatable bonds is 3. The molecule has 104 valence electrons. The van der Waals surface area contributed by atoms with Gasteiger partial charge in [-0.2, -0.15) is 0 Å². The van der Waals surface area contributed by atoms with Gasteiger partial charge in [-0.15, -0.1) is 0 Å². The third kappa shape index (κ3) is 3.32. The summed E-state index contributed by atoms with van der Waals surface area (Å²) in [7, 11) is 3.89. The fourth-order valence-electron chi connectivity index (χ4n) is 2.76. The monoisotopic (exact) mass is 261 g/mol. The van der Waals surface area contributed by atoms with E-state index in [1.807, 2.05) is 36.0 Å². The number of likely N-dealkylation sites (tertiary alicyclic amines) is 1. The van der Waals surface area contributed by atoms with Gasteiger partial charge in [0, 0.05) is 25.5 Å². The van der Waals surface area contributed by atoms with Crippen LogP contribution >= 0.6 is 0 Å². The Morgan fingerprint density at radius 1 is 1.53 bits per heavy atom. The molecule has 1 aromatic rings. The van der Waals surface area contributed by atoms with E-state index >= 15 is 0 Å². The zero-order valence-corrected chi connectivity index (χ0v) is 12.0. The van der Waals surface area contributed by atoms with Crippen molar-refractivity contribution < 1.29 is 4.79 Å². The van der Waals surface area contributed by atoms with E-state index in [1.54, 1.807) is 12.4 Å². The number of nitrogens with zero attached hydrogens (tertiary/aromatic N) is 3. The van der Waals surface area contributed by atoms with Gasteiger partial charge in [0.1, 0.15) is 6.04 Å². The number of aromatic nitrogens is 1. The highest BCUT2D eigenvalue weighted by Gasteiger charge is 2.30. The number of hydrogen-bond acceptors (Lipinski definition) is 3. The van der Waals surface area contributed by atoms with Gasteiger partial charge < -0.3 is 4.90 Å². The summed E-state index contributed by atoms with van der Waals surface area (Å²) >= 11 is 0. The summed E-state index contributed by atoms with van der Waals surface area (Å²) < 4.78 is 0. The maximum atomic E-state index is 12.7. The SMILES string of the molecule is CC1CCCN(C(=O)C(c2cccnc2)N(C)C)C1. The highest BCUT2D eigenvalue weighted by atomic mass is 16.2. The van der Waals surface area contributed by atoms with Crippen molar-refractivity contribution in [1.82, 2.24) is 14.8 Å². The van der Waals surface area contributed by atoms with Crippen LogP contribution in [0.4, 0.5) is 0 Å². The maximum absolute atomic E-state index is 12.7. The molecule has 1 amide bonds. The lowest BCUT2D eigenvalue weighted by molar-refractivity contribution is -0.138. The molecular weight excluding hydrogens is 238 g/mol. The molecule has 2 atom stereocenters. The molecule has 2 heterocycles. The van der Waals surface area contributed by atoms with Gasteiger partial charge in [-0.25, -0.2) is 0 Å². The molecule has 2 unspecified atom stereocenters. The number of likely N-dealkylation sites (N-methyl/N-ethyl adjacent to an activating group) is 1. The lowest BCUT2D eigenvalue weighted by Crippen LogP contribution is -2.45. The summed E-state index contributed by atoms with van der Waals surface area (Å²) in [5, 5.41) is 0. The Morgan fingerprint density at radius 2 is 2.32 bits per heavy atom. The summed E-state index contributed by atoms with van der Waals surface area (Å²) in [5.41, 5.74) is 0.968. The van der Waals surface area contributed by atoms with E-state index in [1.165, 1.54) is 6.42 Å². The van der Waals surface area contributed by atoms with E-state index < -0.39 is 0 Å². The Hall–Kier alpha value is -1.42. The van der Waals surface area contributed by atoms with Gasteiger partial charge in [-0.05, 0) is 44.5 Å². The number of hydrogen-bond donors (Lipinski definition) is 0. The summed E-state index contributed by atoms with van der Waals surface area (Å²) in [4.78, 5) is 20.9. The lowest BCUT2D eigenvalue weighted by Gasteiger charge is -2.35. The minimum Gasteiger partial charge on any atom is -0.341 e. The van der Waals surface area contributed by atoms with Crippen LogP contribution in [0.5, 0.6) is 0 Å². The molecule has 4 heteroatoms.